The molecule has 0 bridgehead atoms. The average molecular weight is 523 g/mol. The third kappa shape index (κ3) is 4.84. The van der Waals surface area contributed by atoms with E-state index in [0.717, 1.165) is 58.0 Å². The molecule has 4 aromatic rings. The van der Waals surface area contributed by atoms with Crippen molar-refractivity contribution >= 4 is 38.9 Å². The highest BCUT2D eigenvalue weighted by atomic mass is 35.5. The van der Waals surface area contributed by atoms with Gasteiger partial charge in [0, 0.05) is 40.0 Å². The van der Waals surface area contributed by atoms with Crippen LogP contribution >= 0.6 is 22.9 Å². The summed E-state index contributed by atoms with van der Waals surface area (Å²) >= 11 is 8.28. The van der Waals surface area contributed by atoms with E-state index in [9.17, 15) is 9.18 Å². The van der Waals surface area contributed by atoms with Crippen LogP contribution in [0.15, 0.2) is 54.7 Å². The molecule has 0 aliphatic heterocycles. The lowest BCUT2D eigenvalue weighted by Crippen LogP contribution is -2.40. The van der Waals surface area contributed by atoms with Crippen LogP contribution < -0.4 is 4.74 Å². The number of carbonyl (C=O) groups excluding carboxylic acids is 1. The highest BCUT2D eigenvalue weighted by Crippen LogP contribution is 2.39. The number of aryl methyl sites for hydroxylation is 1. The number of hydrogen-bond donors (Lipinski definition) is 0. The fraction of sp³-hybridized carbons (Fsp3) is 0.310. The Morgan fingerprint density at radius 2 is 1.92 bits per heavy atom. The van der Waals surface area contributed by atoms with E-state index in [-0.39, 0.29) is 11.9 Å². The topological polar surface area (TPSA) is 42.4 Å². The first-order valence-corrected chi connectivity index (χ1v) is 13.4. The van der Waals surface area contributed by atoms with Gasteiger partial charge in [0.25, 0.3) is 5.91 Å². The van der Waals surface area contributed by atoms with Gasteiger partial charge >= 0.3 is 0 Å². The first-order chi connectivity index (χ1) is 17.5. The number of pyridine rings is 1. The lowest BCUT2D eigenvalue weighted by atomic mass is 9.93. The zero-order chi connectivity index (χ0) is 25.2. The molecule has 1 amide bonds. The van der Waals surface area contributed by atoms with Gasteiger partial charge in [-0.2, -0.15) is 4.39 Å². The van der Waals surface area contributed by atoms with Crippen molar-refractivity contribution in [2.75, 3.05) is 7.11 Å². The highest BCUT2D eigenvalue weighted by molar-refractivity contribution is 7.21. The number of benzene rings is 2. The number of hydrogen-bond acceptors (Lipinski definition) is 4. The SMILES string of the molecule is COc1ccc(-c2ccc(F)nc2)cc1CN(C(=O)c1sc2cccc(C)c2c1Cl)C1CCCCC1. The second-order valence-electron chi connectivity index (χ2n) is 9.31. The van der Waals surface area contributed by atoms with Crippen LogP contribution in [0.25, 0.3) is 21.2 Å². The maximum atomic E-state index is 14.1. The smallest absolute Gasteiger partial charge is 0.266 e. The molecule has 1 aliphatic carbocycles. The van der Waals surface area contributed by atoms with Crippen molar-refractivity contribution in [1.82, 2.24) is 9.88 Å². The number of amides is 1. The summed E-state index contributed by atoms with van der Waals surface area (Å²) in [4.78, 5) is 20.5. The molecule has 36 heavy (non-hydrogen) atoms. The fourth-order valence-corrected chi connectivity index (χ4v) is 6.75. The lowest BCUT2D eigenvalue weighted by Gasteiger charge is -2.34. The first kappa shape index (κ1) is 24.7. The largest absolute Gasteiger partial charge is 0.496 e. The average Bonchev–Trinajstić information content (AvgIpc) is 3.25. The molecule has 1 saturated carbocycles. The van der Waals surface area contributed by atoms with Crippen LogP contribution in [0.3, 0.4) is 0 Å². The minimum Gasteiger partial charge on any atom is -0.496 e. The summed E-state index contributed by atoms with van der Waals surface area (Å²) in [6, 6.07) is 15.1. The van der Waals surface area contributed by atoms with Crippen LogP contribution in [0.1, 0.15) is 52.9 Å². The van der Waals surface area contributed by atoms with Crippen LogP contribution in [-0.2, 0) is 6.54 Å². The molecule has 4 nitrogen and oxygen atoms in total. The van der Waals surface area contributed by atoms with Crippen molar-refractivity contribution in [2.45, 2.75) is 51.6 Å². The molecule has 0 N–H and O–H groups in total. The predicted molar refractivity (Wildman–Crippen MR) is 145 cm³/mol. The van der Waals surface area contributed by atoms with Crippen molar-refractivity contribution in [3.05, 3.63) is 81.7 Å². The molecular weight excluding hydrogens is 495 g/mol. The number of fused-ring (bicyclic) bond motifs is 1. The summed E-state index contributed by atoms with van der Waals surface area (Å²) in [5, 5.41) is 1.50. The molecule has 1 fully saturated rings. The number of rotatable bonds is 6. The van der Waals surface area contributed by atoms with Gasteiger partial charge in [-0.3, -0.25) is 4.79 Å². The van der Waals surface area contributed by atoms with Gasteiger partial charge in [0.05, 0.1) is 12.1 Å². The van der Waals surface area contributed by atoms with Crippen molar-refractivity contribution in [3.63, 3.8) is 0 Å². The van der Waals surface area contributed by atoms with E-state index in [0.29, 0.717) is 22.2 Å². The molecule has 2 aromatic heterocycles. The van der Waals surface area contributed by atoms with E-state index in [1.165, 1.54) is 30.0 Å². The normalized spacial score (nSPS) is 14.2. The van der Waals surface area contributed by atoms with Crippen molar-refractivity contribution in [3.8, 4) is 16.9 Å². The van der Waals surface area contributed by atoms with Gasteiger partial charge in [-0.15, -0.1) is 11.3 Å². The van der Waals surface area contributed by atoms with Crippen molar-refractivity contribution in [2.24, 2.45) is 0 Å². The van der Waals surface area contributed by atoms with Crippen LogP contribution in [0, 0.1) is 12.9 Å². The summed E-state index contributed by atoms with van der Waals surface area (Å²) in [7, 11) is 1.64. The molecule has 0 radical (unpaired) electrons. The van der Waals surface area contributed by atoms with Crippen LogP contribution in [0.4, 0.5) is 4.39 Å². The van der Waals surface area contributed by atoms with Crippen LogP contribution in [0.5, 0.6) is 5.75 Å². The summed E-state index contributed by atoms with van der Waals surface area (Å²) in [5.74, 6) is 0.154. The monoisotopic (exact) mass is 522 g/mol. The number of thiophene rings is 1. The van der Waals surface area contributed by atoms with Gasteiger partial charge in [0.15, 0.2) is 0 Å². The molecule has 5 rings (SSSR count). The van der Waals surface area contributed by atoms with Gasteiger partial charge in [0.2, 0.25) is 5.95 Å². The van der Waals surface area contributed by atoms with Crippen LogP contribution in [-0.4, -0.2) is 28.9 Å². The third-order valence-electron chi connectivity index (χ3n) is 7.02. The van der Waals surface area contributed by atoms with Gasteiger partial charge in [-0.25, -0.2) is 4.98 Å². The third-order valence-corrected chi connectivity index (χ3v) is 8.65. The minimum atomic E-state index is -0.517. The lowest BCUT2D eigenvalue weighted by molar-refractivity contribution is 0.0618. The summed E-state index contributed by atoms with van der Waals surface area (Å²) in [6.45, 7) is 2.42. The second kappa shape index (κ2) is 10.6. The summed E-state index contributed by atoms with van der Waals surface area (Å²) in [6.07, 6.45) is 6.86. The molecule has 0 unspecified atom stereocenters. The highest BCUT2D eigenvalue weighted by Gasteiger charge is 2.30. The Hall–Kier alpha value is -2.96. The first-order valence-electron chi connectivity index (χ1n) is 12.2. The molecule has 0 spiro atoms. The molecule has 186 valence electrons. The van der Waals surface area contributed by atoms with Gasteiger partial charge < -0.3 is 9.64 Å². The summed E-state index contributed by atoms with van der Waals surface area (Å²) in [5.41, 5.74) is 3.66. The molecule has 0 atom stereocenters. The standard InChI is InChI=1S/C29H28ClFN2O2S/c1-18-7-6-10-24-26(18)27(30)28(36-24)29(34)33(22-8-4-3-5-9-22)17-21-15-19(11-13-23(21)35-2)20-12-14-25(31)32-16-20/h6-7,10-16,22H,3-5,8-9,17H2,1-2H3. The number of aromatic nitrogens is 1. The number of nitrogens with zero attached hydrogens (tertiary/aromatic N) is 2. The Morgan fingerprint density at radius 3 is 2.61 bits per heavy atom. The molecule has 7 heteroatoms. The molecule has 2 aromatic carbocycles. The van der Waals surface area contributed by atoms with Crippen molar-refractivity contribution in [1.29, 1.82) is 0 Å². The Labute approximate surface area is 219 Å². The maximum Gasteiger partial charge on any atom is 0.266 e. The maximum absolute atomic E-state index is 14.1. The molecular formula is C29H28ClFN2O2S. The second-order valence-corrected chi connectivity index (χ2v) is 10.7. The van der Waals surface area contributed by atoms with E-state index in [2.05, 4.69) is 4.98 Å². The van der Waals surface area contributed by atoms with Crippen LogP contribution in [0.2, 0.25) is 5.02 Å². The molecule has 1 aliphatic rings. The molecule has 2 heterocycles. The van der Waals surface area contributed by atoms with E-state index < -0.39 is 5.95 Å². The summed E-state index contributed by atoms with van der Waals surface area (Å²) < 4.78 is 20.1. The zero-order valence-electron chi connectivity index (χ0n) is 20.4. The Balaban J connectivity index is 1.55. The fourth-order valence-electron chi connectivity index (χ4n) is 5.11. The van der Waals surface area contributed by atoms with Gasteiger partial charge in [-0.05, 0) is 61.2 Å². The Bertz CT molecular complexity index is 1400. The Kier molecular flexibility index (Phi) is 7.26. The Morgan fingerprint density at radius 1 is 1.14 bits per heavy atom. The van der Waals surface area contributed by atoms with Gasteiger partial charge in [-0.1, -0.05) is 49.1 Å². The molecule has 0 saturated heterocycles. The number of halogens is 2. The predicted octanol–water partition coefficient (Wildman–Crippen LogP) is 8.05. The number of ether oxygens (including phenoxy) is 1. The van der Waals surface area contributed by atoms with Gasteiger partial charge in [0.1, 0.15) is 10.6 Å². The van der Waals surface area contributed by atoms with E-state index >= 15 is 0 Å². The zero-order valence-corrected chi connectivity index (χ0v) is 22.0. The van der Waals surface area contributed by atoms with E-state index in [1.807, 2.05) is 48.2 Å². The number of carbonyl (C=O) groups is 1. The quantitative estimate of drug-likeness (QED) is 0.240. The van der Waals surface area contributed by atoms with E-state index in [1.54, 1.807) is 13.2 Å². The van der Waals surface area contributed by atoms with Crippen molar-refractivity contribution < 1.29 is 13.9 Å². The minimum absolute atomic E-state index is 0.0385. The van der Waals surface area contributed by atoms with E-state index in [4.69, 9.17) is 16.3 Å². The number of methoxy groups -OCH3 is 1.